The predicted molar refractivity (Wildman–Crippen MR) is 124 cm³/mol. The van der Waals surface area contributed by atoms with Crippen molar-refractivity contribution in [3.63, 3.8) is 0 Å². The summed E-state index contributed by atoms with van der Waals surface area (Å²) < 4.78 is 10.9. The van der Waals surface area contributed by atoms with Crippen LogP contribution in [0.1, 0.15) is 15.9 Å². The number of hydrogen-bond acceptors (Lipinski definition) is 4. The second-order valence-corrected chi connectivity index (χ2v) is 7.71. The lowest BCUT2D eigenvalue weighted by molar-refractivity contribution is -0.139. The van der Waals surface area contributed by atoms with Crippen LogP contribution in [0.2, 0.25) is 10.0 Å². The number of methoxy groups -OCH3 is 2. The summed E-state index contributed by atoms with van der Waals surface area (Å²) in [5.41, 5.74) is 2.41. The van der Waals surface area contributed by atoms with Gasteiger partial charge in [0.25, 0.3) is 5.91 Å². The van der Waals surface area contributed by atoms with E-state index in [0.717, 1.165) is 16.7 Å². The fraction of sp³-hybridized carbons (Fsp3) is 0.167. The number of carboxylic acids is 1. The summed E-state index contributed by atoms with van der Waals surface area (Å²) in [4.78, 5) is 24.4. The van der Waals surface area contributed by atoms with Crippen molar-refractivity contribution < 1.29 is 24.2 Å². The van der Waals surface area contributed by atoms with Crippen molar-refractivity contribution in [2.45, 2.75) is 12.5 Å². The van der Waals surface area contributed by atoms with Crippen LogP contribution in [0.4, 0.5) is 0 Å². The van der Waals surface area contributed by atoms with Gasteiger partial charge in [-0.3, -0.25) is 4.79 Å². The summed E-state index contributed by atoms with van der Waals surface area (Å²) in [5, 5.41) is 12.4. The molecule has 0 aromatic heterocycles. The highest BCUT2D eigenvalue weighted by atomic mass is 35.5. The van der Waals surface area contributed by atoms with Gasteiger partial charge in [0, 0.05) is 6.42 Å². The minimum Gasteiger partial charge on any atom is -0.496 e. The van der Waals surface area contributed by atoms with Crippen molar-refractivity contribution in [1.82, 2.24) is 5.32 Å². The second kappa shape index (κ2) is 10.4. The standard InChI is InChI=1S/C24H21Cl2NO5/c1-31-19-7-4-8-20(32-2)21(19)15-11-9-14(10-12-15)13-18(24(29)30)27-23(28)22-16(25)5-3-6-17(22)26/h3-12,18H,13H2,1-2H3,(H,27,28)(H,29,30). The summed E-state index contributed by atoms with van der Waals surface area (Å²) >= 11 is 12.1. The third-order valence-electron chi connectivity index (χ3n) is 4.90. The van der Waals surface area contributed by atoms with Crippen LogP contribution < -0.4 is 14.8 Å². The lowest BCUT2D eigenvalue weighted by Gasteiger charge is -2.17. The van der Waals surface area contributed by atoms with Gasteiger partial charge in [0.1, 0.15) is 17.5 Å². The fourth-order valence-corrected chi connectivity index (χ4v) is 3.89. The number of halogens is 2. The number of aliphatic carboxylic acids is 1. The first kappa shape index (κ1) is 23.4. The van der Waals surface area contributed by atoms with E-state index >= 15 is 0 Å². The molecule has 0 bridgehead atoms. The zero-order chi connectivity index (χ0) is 23.3. The summed E-state index contributed by atoms with van der Waals surface area (Å²) in [7, 11) is 3.16. The van der Waals surface area contributed by atoms with Gasteiger partial charge >= 0.3 is 5.97 Å². The Morgan fingerprint density at radius 1 is 0.906 bits per heavy atom. The summed E-state index contributed by atoms with van der Waals surface area (Å²) in [6.07, 6.45) is 0.0759. The Hall–Kier alpha value is -3.22. The highest BCUT2D eigenvalue weighted by molar-refractivity contribution is 6.39. The van der Waals surface area contributed by atoms with Gasteiger partial charge in [-0.2, -0.15) is 0 Å². The van der Waals surface area contributed by atoms with Crippen LogP contribution in [0.25, 0.3) is 11.1 Å². The van der Waals surface area contributed by atoms with Crippen molar-refractivity contribution in [1.29, 1.82) is 0 Å². The molecule has 0 saturated heterocycles. The number of rotatable bonds is 8. The first-order valence-electron chi connectivity index (χ1n) is 9.63. The van der Waals surface area contributed by atoms with Crippen LogP contribution in [-0.4, -0.2) is 37.2 Å². The molecule has 0 spiro atoms. The molecule has 3 aromatic rings. The number of carbonyl (C=O) groups is 2. The molecule has 1 unspecified atom stereocenters. The third-order valence-corrected chi connectivity index (χ3v) is 5.53. The highest BCUT2D eigenvalue weighted by Gasteiger charge is 2.24. The second-order valence-electron chi connectivity index (χ2n) is 6.90. The average molecular weight is 474 g/mol. The largest absolute Gasteiger partial charge is 0.496 e. The minimum atomic E-state index is -1.17. The van der Waals surface area contributed by atoms with Gasteiger partial charge in [-0.15, -0.1) is 0 Å². The van der Waals surface area contributed by atoms with Gasteiger partial charge in [-0.05, 0) is 35.4 Å². The molecule has 6 nitrogen and oxygen atoms in total. The molecule has 0 aliphatic rings. The molecule has 166 valence electrons. The van der Waals surface area contributed by atoms with E-state index in [1.54, 1.807) is 32.4 Å². The molecule has 32 heavy (non-hydrogen) atoms. The van der Waals surface area contributed by atoms with E-state index in [1.165, 1.54) is 12.1 Å². The number of benzene rings is 3. The molecule has 1 atom stereocenters. The molecule has 0 aliphatic carbocycles. The normalized spacial score (nSPS) is 11.5. The summed E-state index contributed by atoms with van der Waals surface area (Å²) in [5.74, 6) is -0.505. The van der Waals surface area contributed by atoms with E-state index < -0.39 is 17.9 Å². The summed E-state index contributed by atoms with van der Waals surface area (Å²) in [6, 6.07) is 16.3. The number of carbonyl (C=O) groups excluding carboxylic acids is 1. The van der Waals surface area contributed by atoms with Crippen LogP contribution >= 0.6 is 23.2 Å². The number of nitrogens with one attached hydrogen (secondary N) is 1. The Morgan fingerprint density at radius 2 is 1.44 bits per heavy atom. The number of ether oxygens (including phenoxy) is 2. The average Bonchev–Trinajstić information content (AvgIpc) is 2.78. The molecular formula is C24H21Cl2NO5. The Kier molecular flexibility index (Phi) is 7.62. The molecule has 0 heterocycles. The van der Waals surface area contributed by atoms with Gasteiger partial charge in [-0.1, -0.05) is 59.6 Å². The molecule has 2 N–H and O–H groups in total. The van der Waals surface area contributed by atoms with Crippen molar-refractivity contribution in [3.8, 4) is 22.6 Å². The minimum absolute atomic E-state index is 0.0423. The number of amides is 1. The maximum absolute atomic E-state index is 12.6. The highest BCUT2D eigenvalue weighted by Crippen LogP contribution is 2.38. The molecule has 1 amide bonds. The first-order valence-corrected chi connectivity index (χ1v) is 10.4. The van der Waals surface area contributed by atoms with Crippen LogP contribution in [0.3, 0.4) is 0 Å². The zero-order valence-corrected chi connectivity index (χ0v) is 18.9. The van der Waals surface area contributed by atoms with Crippen molar-refractivity contribution in [3.05, 3.63) is 81.8 Å². The Labute approximate surface area is 195 Å². The molecule has 0 fully saturated rings. The van der Waals surface area contributed by atoms with Crippen LogP contribution in [0.15, 0.2) is 60.7 Å². The topological polar surface area (TPSA) is 84.9 Å². The fourth-order valence-electron chi connectivity index (χ4n) is 3.32. The molecule has 0 radical (unpaired) electrons. The number of carboxylic acid groups (broad SMARTS) is 1. The van der Waals surface area contributed by atoms with Gasteiger partial charge in [0.2, 0.25) is 0 Å². The van der Waals surface area contributed by atoms with Gasteiger partial charge in [0.05, 0.1) is 35.4 Å². The summed E-state index contributed by atoms with van der Waals surface area (Å²) in [6.45, 7) is 0. The van der Waals surface area contributed by atoms with E-state index in [2.05, 4.69) is 5.32 Å². The van der Waals surface area contributed by atoms with Crippen molar-refractivity contribution >= 4 is 35.1 Å². The monoisotopic (exact) mass is 473 g/mol. The van der Waals surface area contributed by atoms with Gasteiger partial charge in [0.15, 0.2) is 0 Å². The molecule has 8 heteroatoms. The maximum Gasteiger partial charge on any atom is 0.326 e. The molecule has 0 aliphatic heterocycles. The maximum atomic E-state index is 12.6. The van der Waals surface area contributed by atoms with Crippen LogP contribution in [-0.2, 0) is 11.2 Å². The van der Waals surface area contributed by atoms with E-state index in [1.807, 2.05) is 30.3 Å². The SMILES string of the molecule is COc1cccc(OC)c1-c1ccc(CC(NC(=O)c2c(Cl)cccc2Cl)C(=O)O)cc1. The molecule has 3 rings (SSSR count). The lowest BCUT2D eigenvalue weighted by Crippen LogP contribution is -2.42. The smallest absolute Gasteiger partial charge is 0.326 e. The van der Waals surface area contributed by atoms with E-state index in [0.29, 0.717) is 11.5 Å². The third kappa shape index (κ3) is 5.15. The quantitative estimate of drug-likeness (QED) is 0.475. The lowest BCUT2D eigenvalue weighted by atomic mass is 9.99. The van der Waals surface area contributed by atoms with Gasteiger partial charge in [-0.25, -0.2) is 4.79 Å². The van der Waals surface area contributed by atoms with Crippen LogP contribution in [0.5, 0.6) is 11.5 Å². The molecule has 0 saturated carbocycles. The Morgan fingerprint density at radius 3 is 1.94 bits per heavy atom. The Bertz CT molecular complexity index is 1090. The molecule has 3 aromatic carbocycles. The van der Waals surface area contributed by atoms with E-state index in [9.17, 15) is 14.7 Å². The first-order chi connectivity index (χ1) is 15.3. The van der Waals surface area contributed by atoms with Gasteiger partial charge < -0.3 is 19.9 Å². The van der Waals surface area contributed by atoms with Crippen LogP contribution in [0, 0.1) is 0 Å². The van der Waals surface area contributed by atoms with E-state index in [-0.39, 0.29) is 22.0 Å². The van der Waals surface area contributed by atoms with Crippen molar-refractivity contribution in [2.75, 3.05) is 14.2 Å². The van der Waals surface area contributed by atoms with E-state index in [4.69, 9.17) is 32.7 Å². The zero-order valence-electron chi connectivity index (χ0n) is 17.4. The Balaban J connectivity index is 1.82. The van der Waals surface area contributed by atoms with Crippen molar-refractivity contribution in [2.24, 2.45) is 0 Å². The predicted octanol–water partition coefficient (Wildman–Crippen LogP) is 5.10. The number of hydrogen-bond donors (Lipinski definition) is 2. The molecular weight excluding hydrogens is 453 g/mol.